The van der Waals surface area contributed by atoms with Crippen molar-refractivity contribution < 1.29 is 14.1 Å². The van der Waals surface area contributed by atoms with E-state index in [1.165, 1.54) is 12.8 Å². The van der Waals surface area contributed by atoms with E-state index in [0.29, 0.717) is 37.6 Å². The van der Waals surface area contributed by atoms with Gasteiger partial charge in [0, 0.05) is 46.0 Å². The lowest BCUT2D eigenvalue weighted by molar-refractivity contribution is 0.110. The zero-order valence-corrected chi connectivity index (χ0v) is 16.4. The molecule has 10 heteroatoms. The predicted octanol–water partition coefficient (Wildman–Crippen LogP) is 1.41. The first-order chi connectivity index (χ1) is 13.7. The van der Waals surface area contributed by atoms with Crippen molar-refractivity contribution in [3.63, 3.8) is 0 Å². The highest BCUT2D eigenvalue weighted by molar-refractivity contribution is 5.75. The van der Waals surface area contributed by atoms with Gasteiger partial charge in [-0.15, -0.1) is 10.2 Å². The van der Waals surface area contributed by atoms with E-state index >= 15 is 0 Å². The molecule has 28 heavy (non-hydrogen) atoms. The van der Waals surface area contributed by atoms with E-state index in [1.54, 1.807) is 18.9 Å². The lowest BCUT2D eigenvalue weighted by Gasteiger charge is -2.22. The number of ether oxygens (including phenoxy) is 1. The van der Waals surface area contributed by atoms with Crippen LogP contribution in [0.3, 0.4) is 0 Å². The number of methoxy groups -OCH3 is 1. The Morgan fingerprint density at radius 2 is 2.21 bits per heavy atom. The largest absolute Gasteiger partial charge is 0.380 e. The van der Waals surface area contributed by atoms with Crippen molar-refractivity contribution in [2.24, 2.45) is 0 Å². The molecule has 2 aliphatic rings. The van der Waals surface area contributed by atoms with Gasteiger partial charge in [0.2, 0.25) is 5.89 Å². The van der Waals surface area contributed by atoms with Crippen molar-refractivity contribution in [2.75, 3.05) is 20.2 Å². The molecule has 2 aliphatic heterocycles. The maximum atomic E-state index is 12.8. The van der Waals surface area contributed by atoms with Crippen LogP contribution in [0.2, 0.25) is 0 Å². The second-order valence-electron chi connectivity index (χ2n) is 7.42. The molecular formula is C18H27N7O3. The van der Waals surface area contributed by atoms with Gasteiger partial charge in [0.15, 0.2) is 5.82 Å². The number of fused-ring (bicyclic) bond motifs is 1. The highest BCUT2D eigenvalue weighted by Gasteiger charge is 2.39. The topological polar surface area (TPSA) is 111 Å². The van der Waals surface area contributed by atoms with Crippen molar-refractivity contribution in [3.8, 4) is 0 Å². The Morgan fingerprint density at radius 3 is 3.00 bits per heavy atom. The van der Waals surface area contributed by atoms with Gasteiger partial charge < -0.3 is 24.0 Å². The number of nitrogens with one attached hydrogen (secondary N) is 1. The number of carbonyl (C=O) groups excluding carboxylic acids is 1. The minimum Gasteiger partial charge on any atom is -0.380 e. The molecule has 0 aliphatic carbocycles. The molecule has 2 amide bonds. The maximum Gasteiger partial charge on any atom is 0.318 e. The summed E-state index contributed by atoms with van der Waals surface area (Å²) in [6.07, 6.45) is 5.79. The van der Waals surface area contributed by atoms with Gasteiger partial charge >= 0.3 is 6.03 Å². The fourth-order valence-electron chi connectivity index (χ4n) is 3.99. The van der Waals surface area contributed by atoms with Crippen molar-refractivity contribution in [3.05, 3.63) is 23.4 Å². The summed E-state index contributed by atoms with van der Waals surface area (Å²) < 4.78 is 13.0. The molecule has 1 saturated heterocycles. The van der Waals surface area contributed by atoms with Gasteiger partial charge in [-0.2, -0.15) is 4.98 Å². The summed E-state index contributed by atoms with van der Waals surface area (Å²) in [5.41, 5.74) is 0. The molecular weight excluding hydrogens is 362 g/mol. The van der Waals surface area contributed by atoms with Crippen LogP contribution in [0.25, 0.3) is 0 Å². The summed E-state index contributed by atoms with van der Waals surface area (Å²) in [6, 6.07) is -0.425. The SMILES string of the molecule is CO[C@H]1C[C@H](c2nc(C)no2)N(C(=O)NCCc2nnc3n2CCCCC3)C1. The molecule has 0 spiro atoms. The summed E-state index contributed by atoms with van der Waals surface area (Å²) in [5, 5.41) is 15.5. The number of likely N-dealkylation sites (tertiary alicyclic amines) is 1. The van der Waals surface area contributed by atoms with Gasteiger partial charge in [-0.25, -0.2) is 4.79 Å². The average molecular weight is 389 g/mol. The van der Waals surface area contributed by atoms with Crippen LogP contribution in [0.15, 0.2) is 4.52 Å². The molecule has 4 heterocycles. The van der Waals surface area contributed by atoms with Crippen LogP contribution < -0.4 is 5.32 Å². The number of hydrogen-bond acceptors (Lipinski definition) is 7. The van der Waals surface area contributed by atoms with E-state index in [0.717, 1.165) is 31.0 Å². The zero-order chi connectivity index (χ0) is 19.5. The Hall–Kier alpha value is -2.49. The molecule has 2 atom stereocenters. The van der Waals surface area contributed by atoms with Crippen molar-refractivity contribution in [1.82, 2.24) is 35.1 Å². The fraction of sp³-hybridized carbons (Fsp3) is 0.722. The molecule has 10 nitrogen and oxygen atoms in total. The summed E-state index contributed by atoms with van der Waals surface area (Å²) in [5.74, 6) is 3.02. The number of aryl methyl sites for hydroxylation is 2. The Bertz CT molecular complexity index is 818. The predicted molar refractivity (Wildman–Crippen MR) is 98.6 cm³/mol. The van der Waals surface area contributed by atoms with Crippen LogP contribution in [0.4, 0.5) is 4.79 Å². The van der Waals surface area contributed by atoms with Crippen LogP contribution in [0, 0.1) is 6.92 Å². The van der Waals surface area contributed by atoms with E-state index in [1.807, 2.05) is 0 Å². The monoisotopic (exact) mass is 389 g/mol. The molecule has 152 valence electrons. The minimum absolute atomic E-state index is 0.0461. The first-order valence-corrected chi connectivity index (χ1v) is 9.94. The summed E-state index contributed by atoms with van der Waals surface area (Å²) in [7, 11) is 1.65. The number of aromatic nitrogens is 5. The van der Waals surface area contributed by atoms with Gasteiger partial charge in [-0.1, -0.05) is 11.6 Å². The van der Waals surface area contributed by atoms with Crippen molar-refractivity contribution in [1.29, 1.82) is 0 Å². The highest BCUT2D eigenvalue weighted by Crippen LogP contribution is 2.32. The van der Waals surface area contributed by atoms with Crippen LogP contribution in [-0.4, -0.2) is 62.1 Å². The molecule has 2 aromatic rings. The average Bonchev–Trinajstić information content (AvgIpc) is 3.37. The third kappa shape index (κ3) is 3.87. The molecule has 0 unspecified atom stereocenters. The Kier molecular flexibility index (Phi) is 5.56. The number of carbonyl (C=O) groups is 1. The van der Waals surface area contributed by atoms with Crippen LogP contribution in [0.5, 0.6) is 0 Å². The molecule has 4 rings (SSSR count). The molecule has 2 aromatic heterocycles. The lowest BCUT2D eigenvalue weighted by atomic mass is 10.2. The number of urea groups is 1. The maximum absolute atomic E-state index is 12.8. The number of rotatable bonds is 5. The van der Waals surface area contributed by atoms with Gasteiger partial charge in [0.1, 0.15) is 17.7 Å². The normalized spacial score (nSPS) is 22.1. The summed E-state index contributed by atoms with van der Waals surface area (Å²) in [4.78, 5) is 18.8. The van der Waals surface area contributed by atoms with E-state index in [4.69, 9.17) is 9.26 Å². The van der Waals surface area contributed by atoms with E-state index in [9.17, 15) is 4.79 Å². The standard InChI is InChI=1S/C18H27N7O3/c1-12-20-17(28-23-12)14-10-13(27-2)11-25(14)18(26)19-8-7-16-22-21-15-6-4-3-5-9-24(15)16/h13-14H,3-11H2,1-2H3,(H,19,26)/t13-,14+/m0/s1. The molecule has 0 radical (unpaired) electrons. The van der Waals surface area contributed by atoms with Crippen LogP contribution in [-0.2, 0) is 24.1 Å². The van der Waals surface area contributed by atoms with E-state index < -0.39 is 0 Å². The molecule has 1 fully saturated rings. The van der Waals surface area contributed by atoms with Gasteiger partial charge in [0.05, 0.1) is 6.10 Å². The molecule has 1 N–H and O–H groups in total. The highest BCUT2D eigenvalue weighted by atomic mass is 16.5. The first-order valence-electron chi connectivity index (χ1n) is 9.94. The quantitative estimate of drug-likeness (QED) is 0.823. The molecule has 0 bridgehead atoms. The van der Waals surface area contributed by atoms with Crippen LogP contribution in [0.1, 0.15) is 55.1 Å². The minimum atomic E-state index is -0.268. The summed E-state index contributed by atoms with van der Waals surface area (Å²) in [6.45, 7) is 3.73. The zero-order valence-electron chi connectivity index (χ0n) is 16.4. The van der Waals surface area contributed by atoms with Gasteiger partial charge in [-0.05, 0) is 19.8 Å². The Balaban J connectivity index is 1.37. The third-order valence-corrected chi connectivity index (χ3v) is 5.50. The number of hydrogen-bond donors (Lipinski definition) is 1. The fourth-order valence-corrected chi connectivity index (χ4v) is 3.99. The van der Waals surface area contributed by atoms with E-state index in [2.05, 4.69) is 30.2 Å². The second kappa shape index (κ2) is 8.26. The van der Waals surface area contributed by atoms with Crippen LogP contribution >= 0.6 is 0 Å². The molecule has 0 aromatic carbocycles. The smallest absolute Gasteiger partial charge is 0.318 e. The lowest BCUT2D eigenvalue weighted by Crippen LogP contribution is -2.41. The van der Waals surface area contributed by atoms with Gasteiger partial charge in [0.25, 0.3) is 0 Å². The first kappa shape index (κ1) is 18.9. The Morgan fingerprint density at radius 1 is 1.32 bits per heavy atom. The number of amides is 2. The molecule has 0 saturated carbocycles. The van der Waals surface area contributed by atoms with E-state index in [-0.39, 0.29) is 18.2 Å². The summed E-state index contributed by atoms with van der Waals surface area (Å²) >= 11 is 0. The van der Waals surface area contributed by atoms with Crippen molar-refractivity contribution in [2.45, 2.75) is 64.1 Å². The Labute approximate surface area is 163 Å². The second-order valence-corrected chi connectivity index (χ2v) is 7.42. The van der Waals surface area contributed by atoms with Crippen molar-refractivity contribution >= 4 is 6.03 Å². The third-order valence-electron chi connectivity index (χ3n) is 5.50. The van der Waals surface area contributed by atoms with Gasteiger partial charge in [-0.3, -0.25) is 0 Å². The number of nitrogens with zero attached hydrogens (tertiary/aromatic N) is 6.